The molecule has 0 N–H and O–H groups in total. The number of thioether (sulfide) groups is 2. The molecule has 0 unspecified atom stereocenters. The van der Waals surface area contributed by atoms with Crippen LogP contribution >= 0.6 is 23.5 Å². The van der Waals surface area contributed by atoms with Gasteiger partial charge in [0.15, 0.2) is 13.6 Å². The number of hydrogen-bond donors (Lipinski definition) is 0. The second-order valence-corrected chi connectivity index (χ2v) is 20.0. The van der Waals surface area contributed by atoms with Crippen LogP contribution in [0.25, 0.3) is 4.85 Å². The van der Waals surface area contributed by atoms with Crippen LogP contribution in [0, 0.1) is 30.2 Å². The molecule has 1 aromatic rings. The van der Waals surface area contributed by atoms with Crippen molar-refractivity contribution in [1.29, 1.82) is 0 Å². The van der Waals surface area contributed by atoms with Crippen LogP contribution in [-0.2, 0) is 76.3 Å². The molecule has 5 aliphatic rings. The van der Waals surface area contributed by atoms with Gasteiger partial charge in [0.2, 0.25) is 0 Å². The minimum Gasteiger partial charge on any atom is -0.467 e. The Morgan fingerprint density at radius 1 is 0.500 bits per heavy atom. The number of ether oxygens (including phenoxy) is 10. The zero-order chi connectivity index (χ0) is 51.6. The first-order valence-corrected chi connectivity index (χ1v) is 25.7. The Bertz CT molecular complexity index is 2150. The molecule has 4 fully saturated rings. The van der Waals surface area contributed by atoms with Crippen LogP contribution in [0.1, 0.15) is 103 Å². The second kappa shape index (κ2) is 27.8. The van der Waals surface area contributed by atoms with Crippen molar-refractivity contribution in [2.45, 2.75) is 137 Å². The number of esters is 8. The molecule has 0 amide bonds. The van der Waals surface area contributed by atoms with E-state index in [1.807, 2.05) is 0 Å². The van der Waals surface area contributed by atoms with Gasteiger partial charge in [0, 0.05) is 18.2 Å². The van der Waals surface area contributed by atoms with Gasteiger partial charge in [-0.15, -0.1) is 0 Å². The van der Waals surface area contributed by atoms with E-state index in [1.165, 1.54) is 12.1 Å². The zero-order valence-corrected chi connectivity index (χ0v) is 41.5. The van der Waals surface area contributed by atoms with Crippen molar-refractivity contribution < 1.29 is 85.7 Å². The maximum atomic E-state index is 13.7. The maximum Gasteiger partial charge on any atom is 0.338 e. The van der Waals surface area contributed by atoms with Gasteiger partial charge < -0.3 is 47.4 Å². The number of rotatable bonds is 21. The molecule has 19 nitrogen and oxygen atoms in total. The maximum absolute atomic E-state index is 13.7. The van der Waals surface area contributed by atoms with Gasteiger partial charge in [0.05, 0.1) is 56.5 Å². The summed E-state index contributed by atoms with van der Waals surface area (Å²) in [7, 11) is 0. The van der Waals surface area contributed by atoms with Gasteiger partial charge in [-0.25, -0.2) is 19.2 Å². The fourth-order valence-electron chi connectivity index (χ4n) is 8.92. The average Bonchev–Trinajstić information content (AvgIpc) is 3.85. The lowest BCUT2D eigenvalue weighted by Crippen LogP contribution is -2.33. The number of benzene rings is 1. The third kappa shape index (κ3) is 16.0. The quantitative estimate of drug-likeness (QED) is 0.0217. The standard InChI is InChI=1S/C51H59NO18S2/c1-5-40(53)61-26-27-62-50(60)43(52-4)51-71-44-38(69-48(58)32-12-8-30(9-13-32)46(56)67-36-20-16-34(17-21-36)63-28-65-41(54)6-2)24-25-39(45(44)72-51)70-49(59)33-14-10-31(11-15-33)47(57)68-37-22-18-35(19-23-37)64-29-66-42(55)7-3/h5-7,24-25,30-37H,1-3,8-23,26-29H2. The predicted octanol–water partition coefficient (Wildman–Crippen LogP) is 7.78. The van der Waals surface area contributed by atoms with E-state index >= 15 is 0 Å². The van der Waals surface area contributed by atoms with Crippen molar-refractivity contribution >= 4 is 71.3 Å². The van der Waals surface area contributed by atoms with E-state index in [9.17, 15) is 38.4 Å². The first-order valence-electron chi connectivity index (χ1n) is 24.1. The highest BCUT2D eigenvalue weighted by molar-refractivity contribution is 8.24. The Kier molecular flexibility index (Phi) is 21.3. The van der Waals surface area contributed by atoms with Gasteiger partial charge in [-0.05, 0) is 115 Å². The summed E-state index contributed by atoms with van der Waals surface area (Å²) in [4.78, 5) is 105. The second-order valence-electron chi connectivity index (χ2n) is 17.7. The normalized spacial score (nSPS) is 24.6. The molecule has 72 heavy (non-hydrogen) atoms. The van der Waals surface area contributed by atoms with Gasteiger partial charge in [0.1, 0.15) is 36.9 Å². The van der Waals surface area contributed by atoms with E-state index in [0.717, 1.165) is 41.8 Å². The smallest absolute Gasteiger partial charge is 0.338 e. The van der Waals surface area contributed by atoms with E-state index in [4.69, 9.17) is 53.9 Å². The largest absolute Gasteiger partial charge is 0.467 e. The molecule has 0 radical (unpaired) electrons. The van der Waals surface area contributed by atoms with Crippen LogP contribution in [0.15, 0.2) is 69.8 Å². The number of hydrogen-bond acceptors (Lipinski definition) is 20. The topological polar surface area (TPSA) is 233 Å². The van der Waals surface area contributed by atoms with Gasteiger partial charge in [-0.2, -0.15) is 0 Å². The van der Waals surface area contributed by atoms with Crippen LogP contribution in [-0.4, -0.2) is 99.0 Å². The Morgan fingerprint density at radius 3 is 1.22 bits per heavy atom. The van der Waals surface area contributed by atoms with Gasteiger partial charge in [-0.1, -0.05) is 43.3 Å². The van der Waals surface area contributed by atoms with Crippen molar-refractivity contribution in [3.05, 3.63) is 71.4 Å². The Labute approximate surface area is 425 Å². The summed E-state index contributed by atoms with van der Waals surface area (Å²) in [6, 6.07) is 2.97. The molecule has 1 aliphatic heterocycles. The summed E-state index contributed by atoms with van der Waals surface area (Å²) in [5.74, 6) is -6.13. The molecule has 21 heteroatoms. The van der Waals surface area contributed by atoms with Crippen LogP contribution in [0.4, 0.5) is 0 Å². The first-order chi connectivity index (χ1) is 34.8. The molecule has 1 aromatic carbocycles. The summed E-state index contributed by atoms with van der Waals surface area (Å²) in [6.07, 6.45) is 10.5. The third-order valence-corrected chi connectivity index (χ3v) is 15.6. The highest BCUT2D eigenvalue weighted by Gasteiger charge is 2.38. The molecule has 4 aliphatic carbocycles. The van der Waals surface area contributed by atoms with Gasteiger partial charge in [-0.3, -0.25) is 24.0 Å². The summed E-state index contributed by atoms with van der Waals surface area (Å²) in [5.41, 5.74) is -0.387. The fourth-order valence-corrected chi connectivity index (χ4v) is 11.5. The van der Waals surface area contributed by atoms with Crippen molar-refractivity contribution in [2.24, 2.45) is 23.7 Å². The van der Waals surface area contributed by atoms with E-state index in [0.29, 0.717) is 113 Å². The van der Waals surface area contributed by atoms with Gasteiger partial charge >= 0.3 is 47.8 Å². The molecule has 4 saturated carbocycles. The molecule has 1 heterocycles. The van der Waals surface area contributed by atoms with E-state index in [1.54, 1.807) is 0 Å². The third-order valence-electron chi connectivity index (χ3n) is 13.0. The average molecular weight is 1040 g/mol. The first kappa shape index (κ1) is 55.4. The van der Waals surface area contributed by atoms with Gasteiger partial charge in [0.25, 0.3) is 5.70 Å². The summed E-state index contributed by atoms with van der Waals surface area (Å²) in [6.45, 7) is 16.9. The molecule has 0 saturated heterocycles. The highest BCUT2D eigenvalue weighted by atomic mass is 32.2. The highest BCUT2D eigenvalue weighted by Crippen LogP contribution is 2.59. The Morgan fingerprint density at radius 2 is 0.847 bits per heavy atom. The van der Waals surface area contributed by atoms with Crippen molar-refractivity contribution in [1.82, 2.24) is 0 Å². The molecule has 0 bridgehead atoms. The molecule has 6 rings (SSSR count). The fraction of sp³-hybridized carbons (Fsp3) is 0.549. The number of carbonyl (C=O) groups is 8. The van der Waals surface area contributed by atoms with E-state index < -0.39 is 47.7 Å². The van der Waals surface area contributed by atoms with Crippen LogP contribution in [0.5, 0.6) is 11.5 Å². The van der Waals surface area contributed by atoms with E-state index in [2.05, 4.69) is 24.6 Å². The molecule has 0 spiro atoms. The predicted molar refractivity (Wildman–Crippen MR) is 255 cm³/mol. The Hall–Kier alpha value is -5.95. The van der Waals surface area contributed by atoms with Crippen molar-refractivity contribution in [3.8, 4) is 11.5 Å². The van der Waals surface area contributed by atoms with Crippen LogP contribution < -0.4 is 9.47 Å². The molecular formula is C51H59NO18S2. The van der Waals surface area contributed by atoms with Crippen LogP contribution in [0.2, 0.25) is 0 Å². The summed E-state index contributed by atoms with van der Waals surface area (Å²) >= 11 is 1.95. The number of carbonyl (C=O) groups excluding carboxylic acids is 8. The molecule has 388 valence electrons. The van der Waals surface area contributed by atoms with Crippen LogP contribution in [0.3, 0.4) is 0 Å². The molecule has 0 atom stereocenters. The lowest BCUT2D eigenvalue weighted by molar-refractivity contribution is -0.165. The van der Waals surface area contributed by atoms with Crippen molar-refractivity contribution in [3.63, 3.8) is 0 Å². The summed E-state index contributed by atoms with van der Waals surface area (Å²) in [5, 5.41) is 0. The summed E-state index contributed by atoms with van der Waals surface area (Å²) < 4.78 is 54.9. The number of fused-ring (bicyclic) bond motifs is 1. The minimum atomic E-state index is -0.985. The van der Waals surface area contributed by atoms with Crippen molar-refractivity contribution in [2.75, 3.05) is 26.8 Å². The minimum absolute atomic E-state index is 0.115. The zero-order valence-electron chi connectivity index (χ0n) is 39.9. The molecule has 0 aromatic heterocycles. The van der Waals surface area contributed by atoms with E-state index in [-0.39, 0.29) is 96.4 Å². The SMILES string of the molecule is [C-]#[N+]C(C(=O)OCCOC(=O)C=C)=C1Sc2c(OC(=O)C3CCC(C(=O)OC4CCC(OCOC(=O)C=C)CC4)CC3)ccc(OC(=O)C3CCC(C(=O)OC4CCC(OCOC(=O)C=C)CC4)CC3)c2S1. The number of nitrogens with zero attached hydrogens (tertiary/aromatic N) is 1. The lowest BCUT2D eigenvalue weighted by atomic mass is 9.82. The monoisotopic (exact) mass is 1040 g/mol. The lowest BCUT2D eigenvalue weighted by Gasteiger charge is -2.31. The molecular weight excluding hydrogens is 979 g/mol. The Balaban J connectivity index is 1.03.